The molecule has 1 aromatic carbocycles. The molecule has 5 nitrogen and oxygen atoms in total. The van der Waals surface area contributed by atoms with E-state index in [9.17, 15) is 5.11 Å². The highest BCUT2D eigenvalue weighted by Crippen LogP contribution is 2.26. The van der Waals surface area contributed by atoms with Crippen molar-refractivity contribution in [2.24, 2.45) is 7.05 Å². The Labute approximate surface area is 132 Å². The molecule has 22 heavy (non-hydrogen) atoms. The van der Waals surface area contributed by atoms with Crippen LogP contribution in [0, 0.1) is 0 Å². The summed E-state index contributed by atoms with van der Waals surface area (Å²) in [6.07, 6.45) is 3.56. The lowest BCUT2D eigenvalue weighted by molar-refractivity contribution is 0.0543. The van der Waals surface area contributed by atoms with Crippen molar-refractivity contribution in [3.63, 3.8) is 0 Å². The second-order valence-electron chi connectivity index (χ2n) is 6.23. The fourth-order valence-corrected chi connectivity index (χ4v) is 2.52. The number of benzene rings is 1. The lowest BCUT2D eigenvalue weighted by Gasteiger charge is -2.27. The van der Waals surface area contributed by atoms with Crippen LogP contribution in [-0.4, -0.2) is 35.5 Å². The van der Waals surface area contributed by atoms with Gasteiger partial charge in [-0.15, -0.1) is 0 Å². The number of hydrogen-bond donors (Lipinski definition) is 2. The van der Waals surface area contributed by atoms with Crippen LogP contribution in [0.4, 0.5) is 5.69 Å². The second-order valence-corrected chi connectivity index (χ2v) is 6.23. The largest absolute Gasteiger partial charge is 0.384 e. The van der Waals surface area contributed by atoms with Crippen LogP contribution >= 0.6 is 0 Å². The first-order valence-electron chi connectivity index (χ1n) is 7.52. The van der Waals surface area contributed by atoms with Gasteiger partial charge in [-0.25, -0.2) is 0 Å². The Kier molecular flexibility index (Phi) is 4.88. The minimum absolute atomic E-state index is 0.141. The van der Waals surface area contributed by atoms with Crippen molar-refractivity contribution < 1.29 is 5.11 Å². The molecule has 2 rings (SSSR count). The highest BCUT2D eigenvalue weighted by atomic mass is 16.3. The standard InChI is InChI=1S/C17H26N4O/c1-13(15-8-6-7-9-16(15)20(3)4)18-12-17(2,22)14-10-19-21(5)11-14/h6-11,13,18,22H,12H2,1-5H3. The molecule has 0 aliphatic carbocycles. The summed E-state index contributed by atoms with van der Waals surface area (Å²) in [5, 5.41) is 18.2. The van der Waals surface area contributed by atoms with Gasteiger partial charge in [0.1, 0.15) is 5.60 Å². The van der Waals surface area contributed by atoms with E-state index in [0.717, 1.165) is 5.56 Å². The first kappa shape index (κ1) is 16.5. The van der Waals surface area contributed by atoms with E-state index >= 15 is 0 Å². The first-order valence-corrected chi connectivity index (χ1v) is 7.52. The number of aromatic nitrogens is 2. The zero-order chi connectivity index (χ0) is 16.3. The predicted molar refractivity (Wildman–Crippen MR) is 90.0 cm³/mol. The van der Waals surface area contributed by atoms with Gasteiger partial charge in [0.2, 0.25) is 0 Å². The smallest absolute Gasteiger partial charge is 0.102 e. The van der Waals surface area contributed by atoms with Gasteiger partial charge in [-0.1, -0.05) is 18.2 Å². The molecule has 0 saturated carbocycles. The molecule has 120 valence electrons. The fourth-order valence-electron chi connectivity index (χ4n) is 2.52. The number of rotatable bonds is 6. The molecule has 0 fully saturated rings. The molecule has 0 aliphatic heterocycles. The van der Waals surface area contributed by atoms with Crippen LogP contribution in [-0.2, 0) is 12.6 Å². The summed E-state index contributed by atoms with van der Waals surface area (Å²) in [5.74, 6) is 0. The van der Waals surface area contributed by atoms with E-state index in [4.69, 9.17) is 0 Å². The number of para-hydroxylation sites is 1. The molecule has 0 saturated heterocycles. The minimum Gasteiger partial charge on any atom is -0.384 e. The molecule has 2 unspecified atom stereocenters. The summed E-state index contributed by atoms with van der Waals surface area (Å²) in [6.45, 7) is 4.38. The molecule has 2 N–H and O–H groups in total. The Morgan fingerprint density at radius 1 is 1.36 bits per heavy atom. The Morgan fingerprint density at radius 3 is 2.64 bits per heavy atom. The number of aliphatic hydroxyl groups is 1. The van der Waals surface area contributed by atoms with Crippen molar-refractivity contribution in [1.29, 1.82) is 0 Å². The Balaban J connectivity index is 2.08. The monoisotopic (exact) mass is 302 g/mol. The van der Waals surface area contributed by atoms with Crippen LogP contribution in [0.3, 0.4) is 0 Å². The molecular weight excluding hydrogens is 276 g/mol. The molecular formula is C17H26N4O. The van der Waals surface area contributed by atoms with E-state index in [1.54, 1.807) is 10.9 Å². The average molecular weight is 302 g/mol. The molecule has 2 aromatic rings. The van der Waals surface area contributed by atoms with Gasteiger partial charge >= 0.3 is 0 Å². The predicted octanol–water partition coefficient (Wildman–Crippen LogP) is 2.04. The van der Waals surface area contributed by atoms with Gasteiger partial charge in [0.25, 0.3) is 0 Å². The summed E-state index contributed by atoms with van der Waals surface area (Å²) >= 11 is 0. The van der Waals surface area contributed by atoms with E-state index in [2.05, 4.69) is 34.4 Å². The fraction of sp³-hybridized carbons (Fsp3) is 0.471. The topological polar surface area (TPSA) is 53.3 Å². The third-order valence-corrected chi connectivity index (χ3v) is 3.96. The van der Waals surface area contributed by atoms with Gasteiger partial charge in [0.05, 0.1) is 6.20 Å². The molecule has 0 radical (unpaired) electrons. The zero-order valence-corrected chi connectivity index (χ0v) is 14.0. The van der Waals surface area contributed by atoms with Crippen molar-refractivity contribution in [2.75, 3.05) is 25.5 Å². The number of anilines is 1. The van der Waals surface area contributed by atoms with Crippen LogP contribution < -0.4 is 10.2 Å². The summed E-state index contributed by atoms with van der Waals surface area (Å²) < 4.78 is 1.70. The Morgan fingerprint density at radius 2 is 2.05 bits per heavy atom. The van der Waals surface area contributed by atoms with E-state index in [-0.39, 0.29) is 6.04 Å². The molecule has 1 aromatic heterocycles. The van der Waals surface area contributed by atoms with Crippen LogP contribution in [0.25, 0.3) is 0 Å². The maximum Gasteiger partial charge on any atom is 0.102 e. The summed E-state index contributed by atoms with van der Waals surface area (Å²) in [6, 6.07) is 8.44. The average Bonchev–Trinajstić information content (AvgIpc) is 2.92. The van der Waals surface area contributed by atoms with Crippen LogP contribution in [0.15, 0.2) is 36.7 Å². The maximum absolute atomic E-state index is 10.6. The van der Waals surface area contributed by atoms with Crippen LogP contribution in [0.1, 0.15) is 31.0 Å². The van der Waals surface area contributed by atoms with Crippen molar-refractivity contribution in [3.05, 3.63) is 47.8 Å². The van der Waals surface area contributed by atoms with Gasteiger partial charge in [-0.3, -0.25) is 4.68 Å². The van der Waals surface area contributed by atoms with E-state index in [1.807, 2.05) is 46.4 Å². The van der Waals surface area contributed by atoms with Crippen LogP contribution in [0.5, 0.6) is 0 Å². The van der Waals surface area contributed by atoms with Gasteiger partial charge in [-0.05, 0) is 25.5 Å². The SMILES string of the molecule is CC(NCC(C)(O)c1cnn(C)c1)c1ccccc1N(C)C. The number of nitrogens with one attached hydrogen (secondary N) is 1. The lowest BCUT2D eigenvalue weighted by Crippen LogP contribution is -2.36. The highest BCUT2D eigenvalue weighted by molar-refractivity contribution is 5.53. The van der Waals surface area contributed by atoms with Gasteiger partial charge in [-0.2, -0.15) is 5.10 Å². The zero-order valence-electron chi connectivity index (χ0n) is 14.0. The van der Waals surface area contributed by atoms with E-state index < -0.39 is 5.60 Å². The molecule has 0 spiro atoms. The molecule has 5 heteroatoms. The van der Waals surface area contributed by atoms with Crippen molar-refractivity contribution in [3.8, 4) is 0 Å². The molecule has 1 heterocycles. The molecule has 0 bridgehead atoms. The van der Waals surface area contributed by atoms with Crippen LogP contribution in [0.2, 0.25) is 0 Å². The van der Waals surface area contributed by atoms with Gasteiger partial charge < -0.3 is 15.3 Å². The van der Waals surface area contributed by atoms with Crippen molar-refractivity contribution in [2.45, 2.75) is 25.5 Å². The second kappa shape index (κ2) is 6.50. The normalized spacial score (nSPS) is 15.4. The van der Waals surface area contributed by atoms with E-state index in [1.165, 1.54) is 11.3 Å². The first-order chi connectivity index (χ1) is 10.3. The minimum atomic E-state index is -0.949. The quantitative estimate of drug-likeness (QED) is 0.857. The van der Waals surface area contributed by atoms with Crippen molar-refractivity contribution >= 4 is 5.69 Å². The molecule has 0 amide bonds. The van der Waals surface area contributed by atoms with E-state index in [0.29, 0.717) is 6.54 Å². The number of aryl methyl sites for hydroxylation is 1. The van der Waals surface area contributed by atoms with Gasteiger partial charge in [0, 0.05) is 51.2 Å². The summed E-state index contributed by atoms with van der Waals surface area (Å²) in [7, 11) is 5.93. The molecule has 2 atom stereocenters. The summed E-state index contributed by atoms with van der Waals surface area (Å²) in [5.41, 5.74) is 2.27. The van der Waals surface area contributed by atoms with Crippen molar-refractivity contribution in [1.82, 2.24) is 15.1 Å². The third-order valence-electron chi connectivity index (χ3n) is 3.96. The molecule has 0 aliphatic rings. The van der Waals surface area contributed by atoms with Gasteiger partial charge in [0.15, 0.2) is 0 Å². The lowest BCUT2D eigenvalue weighted by atomic mass is 9.98. The maximum atomic E-state index is 10.6. The number of nitrogens with zero attached hydrogens (tertiary/aromatic N) is 3. The third kappa shape index (κ3) is 3.67. The summed E-state index contributed by atoms with van der Waals surface area (Å²) in [4.78, 5) is 2.10. The Bertz CT molecular complexity index is 619. The Hall–Kier alpha value is -1.85. The number of hydrogen-bond acceptors (Lipinski definition) is 4. The highest BCUT2D eigenvalue weighted by Gasteiger charge is 2.25.